The highest BCUT2D eigenvalue weighted by molar-refractivity contribution is 5.91. The third-order valence-electron chi connectivity index (χ3n) is 4.09. The number of aromatic nitrogens is 2. The fraction of sp³-hybridized carbons (Fsp3) is 0.556. The van der Waals surface area contributed by atoms with Crippen LogP contribution in [0.25, 0.3) is 10.9 Å². The SMILES string of the molecule is CCN.COc1cc2ncnc(NC3CCCCC3)c2cc1OC. The van der Waals surface area contributed by atoms with E-state index < -0.39 is 0 Å². The van der Waals surface area contributed by atoms with Crippen LogP contribution in [0.1, 0.15) is 39.0 Å². The monoisotopic (exact) mass is 332 g/mol. The van der Waals surface area contributed by atoms with Gasteiger partial charge in [-0.3, -0.25) is 0 Å². The lowest BCUT2D eigenvalue weighted by Gasteiger charge is -2.23. The fourth-order valence-corrected chi connectivity index (χ4v) is 2.94. The topological polar surface area (TPSA) is 82.3 Å². The molecule has 1 fully saturated rings. The molecular formula is C18H28N4O2. The highest BCUT2D eigenvalue weighted by Crippen LogP contribution is 2.34. The van der Waals surface area contributed by atoms with E-state index in [0.29, 0.717) is 17.5 Å². The quantitative estimate of drug-likeness (QED) is 0.893. The van der Waals surface area contributed by atoms with Crippen LogP contribution in [0.5, 0.6) is 11.5 Å². The summed E-state index contributed by atoms with van der Waals surface area (Å²) in [6, 6.07) is 4.34. The maximum Gasteiger partial charge on any atom is 0.162 e. The van der Waals surface area contributed by atoms with Gasteiger partial charge in [0.15, 0.2) is 11.5 Å². The Bertz CT molecular complexity index is 642. The predicted molar refractivity (Wildman–Crippen MR) is 97.9 cm³/mol. The first-order valence-corrected chi connectivity index (χ1v) is 8.56. The summed E-state index contributed by atoms with van der Waals surface area (Å²) in [6.45, 7) is 2.65. The molecule has 1 saturated carbocycles. The molecule has 1 aromatic heterocycles. The van der Waals surface area contributed by atoms with Gasteiger partial charge in [-0.15, -0.1) is 0 Å². The lowest BCUT2D eigenvalue weighted by Crippen LogP contribution is -2.23. The van der Waals surface area contributed by atoms with Crippen molar-refractivity contribution in [2.24, 2.45) is 5.73 Å². The minimum Gasteiger partial charge on any atom is -0.493 e. The summed E-state index contributed by atoms with van der Waals surface area (Å²) in [4.78, 5) is 8.75. The smallest absolute Gasteiger partial charge is 0.162 e. The Labute approximate surface area is 143 Å². The van der Waals surface area contributed by atoms with Gasteiger partial charge in [0.1, 0.15) is 12.1 Å². The molecular weight excluding hydrogens is 304 g/mol. The summed E-state index contributed by atoms with van der Waals surface area (Å²) in [7, 11) is 3.27. The van der Waals surface area contributed by atoms with Gasteiger partial charge >= 0.3 is 0 Å². The summed E-state index contributed by atoms with van der Waals surface area (Å²) in [5, 5.41) is 4.54. The first-order chi connectivity index (χ1) is 11.7. The van der Waals surface area contributed by atoms with Crippen molar-refractivity contribution in [1.29, 1.82) is 0 Å². The normalized spacial score (nSPS) is 14.7. The predicted octanol–water partition coefficient (Wildman–Crippen LogP) is 3.36. The van der Waals surface area contributed by atoms with E-state index in [1.165, 1.54) is 32.1 Å². The van der Waals surface area contributed by atoms with E-state index >= 15 is 0 Å². The van der Waals surface area contributed by atoms with E-state index in [2.05, 4.69) is 15.3 Å². The summed E-state index contributed by atoms with van der Waals surface area (Å²) in [5.41, 5.74) is 5.71. The van der Waals surface area contributed by atoms with Gasteiger partial charge in [-0.1, -0.05) is 26.2 Å². The van der Waals surface area contributed by atoms with Crippen molar-refractivity contribution in [3.05, 3.63) is 18.5 Å². The minimum absolute atomic E-state index is 0.505. The molecule has 0 radical (unpaired) electrons. The van der Waals surface area contributed by atoms with Crippen LogP contribution in [0.4, 0.5) is 5.82 Å². The van der Waals surface area contributed by atoms with Crippen LogP contribution < -0.4 is 20.5 Å². The average Bonchev–Trinajstić information content (AvgIpc) is 2.62. The zero-order valence-electron chi connectivity index (χ0n) is 14.8. The molecule has 0 bridgehead atoms. The first-order valence-electron chi connectivity index (χ1n) is 8.56. The minimum atomic E-state index is 0.505. The first kappa shape index (κ1) is 18.3. The number of anilines is 1. The average molecular weight is 332 g/mol. The maximum absolute atomic E-state index is 5.38. The molecule has 2 aromatic rings. The number of nitrogens with zero attached hydrogens (tertiary/aromatic N) is 2. The van der Waals surface area contributed by atoms with Crippen LogP contribution in [0.15, 0.2) is 18.5 Å². The van der Waals surface area contributed by atoms with Gasteiger partial charge in [0.25, 0.3) is 0 Å². The van der Waals surface area contributed by atoms with E-state index in [0.717, 1.165) is 23.3 Å². The number of methoxy groups -OCH3 is 2. The number of nitrogens with one attached hydrogen (secondary N) is 1. The molecule has 3 N–H and O–H groups in total. The Balaban J connectivity index is 0.000000647. The molecule has 0 unspecified atom stereocenters. The van der Waals surface area contributed by atoms with Crippen molar-refractivity contribution in [1.82, 2.24) is 9.97 Å². The molecule has 1 aromatic carbocycles. The van der Waals surface area contributed by atoms with Crippen LogP contribution in [0.2, 0.25) is 0 Å². The van der Waals surface area contributed by atoms with Crippen LogP contribution in [0, 0.1) is 0 Å². The molecule has 1 heterocycles. The number of rotatable bonds is 4. The third kappa shape index (κ3) is 4.47. The van der Waals surface area contributed by atoms with Gasteiger partial charge in [0, 0.05) is 17.5 Å². The van der Waals surface area contributed by atoms with E-state index in [1.54, 1.807) is 20.5 Å². The highest BCUT2D eigenvalue weighted by atomic mass is 16.5. The zero-order chi connectivity index (χ0) is 17.4. The molecule has 6 nitrogen and oxygen atoms in total. The fourth-order valence-electron chi connectivity index (χ4n) is 2.94. The van der Waals surface area contributed by atoms with Gasteiger partial charge in [0.2, 0.25) is 0 Å². The van der Waals surface area contributed by atoms with Crippen LogP contribution in [0.3, 0.4) is 0 Å². The Morgan fingerprint density at radius 2 is 1.71 bits per heavy atom. The Morgan fingerprint density at radius 1 is 1.08 bits per heavy atom. The maximum atomic E-state index is 5.38. The molecule has 0 amide bonds. The number of hydrogen-bond acceptors (Lipinski definition) is 6. The zero-order valence-corrected chi connectivity index (χ0v) is 14.8. The molecule has 24 heavy (non-hydrogen) atoms. The van der Waals surface area contributed by atoms with E-state index in [9.17, 15) is 0 Å². The van der Waals surface area contributed by atoms with Gasteiger partial charge in [0.05, 0.1) is 19.7 Å². The summed E-state index contributed by atoms with van der Waals surface area (Å²) in [6.07, 6.45) is 7.93. The Kier molecular flexibility index (Phi) is 7.06. The van der Waals surface area contributed by atoms with Crippen molar-refractivity contribution >= 4 is 16.7 Å². The van der Waals surface area contributed by atoms with Crippen molar-refractivity contribution in [2.75, 3.05) is 26.1 Å². The van der Waals surface area contributed by atoms with Crippen molar-refractivity contribution in [3.63, 3.8) is 0 Å². The number of fused-ring (bicyclic) bond motifs is 1. The van der Waals surface area contributed by atoms with Gasteiger partial charge in [-0.25, -0.2) is 9.97 Å². The third-order valence-corrected chi connectivity index (χ3v) is 4.09. The second-order valence-corrected chi connectivity index (χ2v) is 5.83. The van der Waals surface area contributed by atoms with Gasteiger partial charge in [-0.05, 0) is 25.5 Å². The lowest BCUT2D eigenvalue weighted by atomic mass is 9.95. The second-order valence-electron chi connectivity index (χ2n) is 5.83. The van der Waals surface area contributed by atoms with Crippen molar-refractivity contribution < 1.29 is 9.47 Å². The summed E-state index contributed by atoms with van der Waals surface area (Å²) >= 11 is 0. The van der Waals surface area contributed by atoms with E-state index in [4.69, 9.17) is 15.2 Å². The van der Waals surface area contributed by atoms with Gasteiger partial charge in [-0.2, -0.15) is 0 Å². The highest BCUT2D eigenvalue weighted by Gasteiger charge is 2.16. The standard InChI is InChI=1S/C16H21N3O2.C2H7N/c1-20-14-8-12-13(9-15(14)21-2)17-10-18-16(12)19-11-6-4-3-5-7-11;1-2-3/h8-11H,3-7H2,1-2H3,(H,17,18,19);2-3H2,1H3. The van der Waals surface area contributed by atoms with Crippen LogP contribution in [-0.2, 0) is 0 Å². The Morgan fingerprint density at radius 3 is 2.33 bits per heavy atom. The number of hydrogen-bond donors (Lipinski definition) is 2. The molecule has 1 aliphatic carbocycles. The van der Waals surface area contributed by atoms with E-state index in [-0.39, 0.29) is 0 Å². The molecule has 132 valence electrons. The van der Waals surface area contributed by atoms with Crippen molar-refractivity contribution in [3.8, 4) is 11.5 Å². The number of ether oxygens (including phenoxy) is 2. The number of nitrogens with two attached hydrogens (primary N) is 1. The molecule has 3 rings (SSSR count). The molecule has 0 atom stereocenters. The summed E-state index contributed by atoms with van der Waals surface area (Å²) < 4.78 is 10.7. The second kappa shape index (κ2) is 9.27. The Hall–Kier alpha value is -2.08. The van der Waals surface area contributed by atoms with Gasteiger partial charge < -0.3 is 20.5 Å². The largest absolute Gasteiger partial charge is 0.493 e. The summed E-state index contributed by atoms with van der Waals surface area (Å²) in [5.74, 6) is 2.27. The van der Waals surface area contributed by atoms with Crippen LogP contribution in [-0.4, -0.2) is 36.8 Å². The molecule has 1 aliphatic rings. The lowest BCUT2D eigenvalue weighted by molar-refractivity contribution is 0.356. The molecule has 0 spiro atoms. The van der Waals surface area contributed by atoms with E-state index in [1.807, 2.05) is 19.1 Å². The molecule has 0 saturated heterocycles. The van der Waals surface area contributed by atoms with Crippen LogP contribution >= 0.6 is 0 Å². The molecule has 6 heteroatoms. The number of benzene rings is 1. The molecule has 0 aliphatic heterocycles. The van der Waals surface area contributed by atoms with Crippen molar-refractivity contribution in [2.45, 2.75) is 45.1 Å².